The zero-order valence-corrected chi connectivity index (χ0v) is 19.2. The number of fused-ring (bicyclic) bond motifs is 1. The molecule has 168 valence electrons. The highest BCUT2D eigenvalue weighted by molar-refractivity contribution is 5.94. The second kappa shape index (κ2) is 10.6. The molecule has 0 saturated carbocycles. The lowest BCUT2D eigenvalue weighted by Crippen LogP contribution is -2.58. The van der Waals surface area contributed by atoms with E-state index < -0.39 is 29.8 Å². The lowest BCUT2D eigenvalue weighted by Gasteiger charge is -2.33. The van der Waals surface area contributed by atoms with Crippen molar-refractivity contribution < 1.29 is 19.1 Å². The molecule has 2 fully saturated rings. The van der Waals surface area contributed by atoms with Gasteiger partial charge in [-0.1, -0.05) is 27.7 Å². The summed E-state index contributed by atoms with van der Waals surface area (Å²) in [5, 5.41) is 8.67. The first-order chi connectivity index (χ1) is 13.1. The number of halogens is 1. The van der Waals surface area contributed by atoms with Crippen LogP contribution >= 0.6 is 12.4 Å². The fourth-order valence-corrected chi connectivity index (χ4v) is 3.86. The fourth-order valence-electron chi connectivity index (χ4n) is 3.86. The van der Waals surface area contributed by atoms with Crippen LogP contribution in [0.25, 0.3) is 0 Å². The average Bonchev–Trinajstić information content (AvgIpc) is 2.80. The summed E-state index contributed by atoms with van der Waals surface area (Å²) in [5.41, 5.74) is -0.410. The molecule has 0 radical (unpaired) electrons. The Morgan fingerprint density at radius 2 is 1.93 bits per heavy atom. The molecule has 2 aliphatic heterocycles. The van der Waals surface area contributed by atoms with E-state index in [0.717, 1.165) is 6.42 Å². The Labute approximate surface area is 180 Å². The molecule has 0 spiro atoms. The second-order valence-electron chi connectivity index (χ2n) is 9.00. The third-order valence-corrected chi connectivity index (χ3v) is 5.71. The van der Waals surface area contributed by atoms with Crippen LogP contribution in [0, 0.1) is 11.3 Å². The minimum atomic E-state index is -0.687. The Kier molecular flexibility index (Phi) is 9.37. The molecule has 0 aromatic rings. The molecule has 29 heavy (non-hydrogen) atoms. The van der Waals surface area contributed by atoms with Gasteiger partial charge in [-0.3, -0.25) is 14.4 Å². The Bertz CT molecular complexity index is 599. The van der Waals surface area contributed by atoms with Crippen molar-refractivity contribution >= 4 is 30.1 Å². The van der Waals surface area contributed by atoms with Crippen LogP contribution in [0.2, 0.25) is 0 Å². The van der Waals surface area contributed by atoms with E-state index in [0.29, 0.717) is 31.9 Å². The first kappa shape index (κ1) is 25.7. The number of carbonyl (C=O) groups excluding carboxylic acids is 3. The number of nitrogens with zero attached hydrogens (tertiary/aromatic N) is 1. The maximum Gasteiger partial charge on any atom is 0.247 e. The lowest BCUT2D eigenvalue weighted by atomic mass is 9.83. The smallest absolute Gasteiger partial charge is 0.247 e. The number of hydrogen-bond acceptors (Lipinski definition) is 5. The minimum absolute atomic E-state index is 0. The fraction of sp³-hybridized carbons (Fsp3) is 0.850. The summed E-state index contributed by atoms with van der Waals surface area (Å²) in [6, 6.07) is -1.71. The highest BCUT2D eigenvalue weighted by atomic mass is 35.5. The monoisotopic (exact) mass is 432 g/mol. The topological polar surface area (TPSA) is 99.8 Å². The van der Waals surface area contributed by atoms with Crippen molar-refractivity contribution in [2.24, 2.45) is 11.3 Å². The van der Waals surface area contributed by atoms with Crippen LogP contribution in [0.5, 0.6) is 0 Å². The van der Waals surface area contributed by atoms with E-state index in [2.05, 4.69) is 29.8 Å². The Morgan fingerprint density at radius 3 is 2.52 bits per heavy atom. The van der Waals surface area contributed by atoms with E-state index in [1.807, 2.05) is 13.8 Å². The number of hydrogen-bond donors (Lipinski definition) is 3. The molecule has 3 unspecified atom stereocenters. The lowest BCUT2D eigenvalue weighted by molar-refractivity contribution is -0.149. The maximum atomic E-state index is 13.3. The van der Waals surface area contributed by atoms with E-state index in [1.165, 1.54) is 0 Å². The molecule has 2 heterocycles. The van der Waals surface area contributed by atoms with E-state index in [4.69, 9.17) is 4.74 Å². The van der Waals surface area contributed by atoms with Crippen LogP contribution < -0.4 is 16.0 Å². The van der Waals surface area contributed by atoms with Crippen molar-refractivity contribution in [2.75, 3.05) is 20.2 Å². The van der Waals surface area contributed by atoms with Crippen LogP contribution in [0.15, 0.2) is 0 Å². The van der Waals surface area contributed by atoms with Gasteiger partial charge in [-0.2, -0.15) is 0 Å². The molecule has 3 amide bonds. The standard InChI is InChI=1S/C20H36N4O4.ClH/c1-12(2)7-9-22-18(26)16-20(4,5)11-15-24(16)19(27)14(8-10-28-15)23-17(25)13(3)21-6;/h12-16,21H,7-11H2,1-6H3,(H,22,26)(H,23,25);1H/t13-,14?,15?,16?;/m0./s1. The van der Waals surface area contributed by atoms with Gasteiger partial charge in [0, 0.05) is 13.0 Å². The molecule has 3 N–H and O–H groups in total. The number of ether oxygens (including phenoxy) is 1. The van der Waals surface area contributed by atoms with E-state index in [9.17, 15) is 14.4 Å². The van der Waals surface area contributed by atoms with Crippen molar-refractivity contribution in [3.63, 3.8) is 0 Å². The molecule has 0 bridgehead atoms. The second-order valence-corrected chi connectivity index (χ2v) is 9.00. The Balaban J connectivity index is 0.00000420. The predicted molar refractivity (Wildman–Crippen MR) is 114 cm³/mol. The van der Waals surface area contributed by atoms with Gasteiger partial charge >= 0.3 is 0 Å². The van der Waals surface area contributed by atoms with E-state index >= 15 is 0 Å². The zero-order valence-electron chi connectivity index (χ0n) is 18.4. The molecule has 2 aliphatic rings. The van der Waals surface area contributed by atoms with Crippen molar-refractivity contribution in [2.45, 2.75) is 78.2 Å². The first-order valence-electron chi connectivity index (χ1n) is 10.3. The van der Waals surface area contributed by atoms with Gasteiger partial charge < -0.3 is 25.6 Å². The molecular formula is C20H37ClN4O4. The predicted octanol–water partition coefficient (Wildman–Crippen LogP) is 1.04. The highest BCUT2D eigenvalue weighted by Crippen LogP contribution is 2.42. The minimum Gasteiger partial charge on any atom is -0.358 e. The first-order valence-corrected chi connectivity index (χ1v) is 10.3. The van der Waals surface area contributed by atoms with Crippen LogP contribution in [-0.2, 0) is 19.1 Å². The van der Waals surface area contributed by atoms with Gasteiger partial charge in [-0.05, 0) is 38.1 Å². The SMILES string of the molecule is CN[C@@H](C)C(=O)NC1CCOC2CC(C)(C)C(C(=O)NCCC(C)C)N2C1=O.Cl. The molecule has 9 heteroatoms. The number of nitrogens with one attached hydrogen (secondary N) is 3. The number of likely N-dealkylation sites (N-methyl/N-ethyl adjacent to an activating group) is 1. The number of rotatable bonds is 7. The van der Waals surface area contributed by atoms with Crippen LogP contribution in [0.4, 0.5) is 0 Å². The average molecular weight is 433 g/mol. The quantitative estimate of drug-likeness (QED) is 0.558. The maximum absolute atomic E-state index is 13.3. The summed E-state index contributed by atoms with van der Waals surface area (Å²) in [4.78, 5) is 40.1. The number of carbonyl (C=O) groups is 3. The van der Waals surface area contributed by atoms with Crippen LogP contribution in [0.1, 0.15) is 53.9 Å². The van der Waals surface area contributed by atoms with E-state index in [1.54, 1.807) is 18.9 Å². The van der Waals surface area contributed by atoms with Gasteiger partial charge in [-0.25, -0.2) is 0 Å². The molecule has 0 aromatic carbocycles. The highest BCUT2D eigenvalue weighted by Gasteiger charge is 2.54. The zero-order chi connectivity index (χ0) is 21.1. The van der Waals surface area contributed by atoms with Gasteiger partial charge in [0.05, 0.1) is 12.6 Å². The molecule has 2 saturated heterocycles. The Hall–Kier alpha value is -1.38. The van der Waals surface area contributed by atoms with Crippen molar-refractivity contribution in [3.8, 4) is 0 Å². The van der Waals surface area contributed by atoms with Gasteiger partial charge in [0.15, 0.2) is 0 Å². The molecule has 0 aromatic heterocycles. The third-order valence-electron chi connectivity index (χ3n) is 5.71. The molecular weight excluding hydrogens is 396 g/mol. The molecule has 2 rings (SSSR count). The molecule has 0 aliphatic carbocycles. The third kappa shape index (κ3) is 6.06. The Morgan fingerprint density at radius 1 is 1.28 bits per heavy atom. The summed E-state index contributed by atoms with van der Waals surface area (Å²) in [5.74, 6) is -0.147. The van der Waals surface area contributed by atoms with Crippen molar-refractivity contribution in [1.29, 1.82) is 0 Å². The summed E-state index contributed by atoms with van der Waals surface area (Å²) in [6.45, 7) is 10.9. The van der Waals surface area contributed by atoms with E-state index in [-0.39, 0.29) is 30.1 Å². The molecule has 8 nitrogen and oxygen atoms in total. The summed E-state index contributed by atoms with van der Waals surface area (Å²) < 4.78 is 5.91. The van der Waals surface area contributed by atoms with Gasteiger partial charge in [-0.15, -0.1) is 12.4 Å². The summed E-state index contributed by atoms with van der Waals surface area (Å²) in [6.07, 6.45) is 1.44. The van der Waals surface area contributed by atoms with Crippen LogP contribution in [-0.4, -0.2) is 67.2 Å². The molecule has 4 atom stereocenters. The van der Waals surface area contributed by atoms with Crippen molar-refractivity contribution in [3.05, 3.63) is 0 Å². The summed E-state index contributed by atoms with van der Waals surface area (Å²) in [7, 11) is 1.69. The van der Waals surface area contributed by atoms with Crippen LogP contribution in [0.3, 0.4) is 0 Å². The normalized spacial score (nSPS) is 26.9. The van der Waals surface area contributed by atoms with Gasteiger partial charge in [0.1, 0.15) is 18.3 Å². The van der Waals surface area contributed by atoms with Gasteiger partial charge in [0.25, 0.3) is 0 Å². The summed E-state index contributed by atoms with van der Waals surface area (Å²) >= 11 is 0. The van der Waals surface area contributed by atoms with Crippen molar-refractivity contribution in [1.82, 2.24) is 20.9 Å². The van der Waals surface area contributed by atoms with Gasteiger partial charge in [0.2, 0.25) is 17.7 Å². The number of amides is 3. The largest absolute Gasteiger partial charge is 0.358 e.